The van der Waals surface area contributed by atoms with Crippen LogP contribution >= 0.6 is 11.6 Å². The number of aliphatic hydroxyl groups is 1. The molecule has 1 amide bonds. The van der Waals surface area contributed by atoms with Crippen LogP contribution < -0.4 is 4.74 Å². The topological polar surface area (TPSA) is 49.8 Å². The zero-order chi connectivity index (χ0) is 14.5. The summed E-state index contributed by atoms with van der Waals surface area (Å²) in [5.74, 6) is 0.889. The second kappa shape index (κ2) is 6.95. The van der Waals surface area contributed by atoms with Gasteiger partial charge in [0.05, 0.1) is 19.1 Å². The number of nitrogens with zero attached hydrogens (tertiary/aromatic N) is 1. The van der Waals surface area contributed by atoms with E-state index in [-0.39, 0.29) is 17.9 Å². The Morgan fingerprint density at radius 2 is 2.35 bits per heavy atom. The number of rotatable bonds is 4. The first kappa shape index (κ1) is 15.1. The Kier molecular flexibility index (Phi) is 5.26. The Hall–Kier alpha value is -1.26. The fraction of sp³-hybridized carbons (Fsp3) is 0.533. The van der Waals surface area contributed by atoms with Gasteiger partial charge in [0.25, 0.3) is 0 Å². The van der Waals surface area contributed by atoms with Gasteiger partial charge in [-0.3, -0.25) is 4.79 Å². The van der Waals surface area contributed by atoms with Gasteiger partial charge in [0, 0.05) is 18.1 Å². The largest absolute Gasteiger partial charge is 0.493 e. The number of carbonyl (C=O) groups is 1. The molecule has 1 aliphatic heterocycles. The van der Waals surface area contributed by atoms with Crippen molar-refractivity contribution in [1.29, 1.82) is 0 Å². The van der Waals surface area contributed by atoms with Crippen LogP contribution in [0, 0.1) is 5.92 Å². The van der Waals surface area contributed by atoms with Gasteiger partial charge in [-0.2, -0.15) is 0 Å². The van der Waals surface area contributed by atoms with E-state index in [1.54, 1.807) is 17.0 Å². The van der Waals surface area contributed by atoms with Crippen LogP contribution in [0.5, 0.6) is 5.75 Å². The number of hydrogen-bond donors (Lipinski definition) is 1. The molecule has 1 N–H and O–H groups in total. The molecule has 110 valence electrons. The normalized spacial score (nSPS) is 22.6. The lowest BCUT2D eigenvalue weighted by molar-refractivity contribution is -0.135. The molecular weight excluding hydrogens is 278 g/mol. The summed E-state index contributed by atoms with van der Waals surface area (Å²) in [6.07, 6.45) is 0.707. The average molecular weight is 298 g/mol. The van der Waals surface area contributed by atoms with Gasteiger partial charge in [0.15, 0.2) is 0 Å². The summed E-state index contributed by atoms with van der Waals surface area (Å²) in [5, 5.41) is 10.3. The highest BCUT2D eigenvalue weighted by molar-refractivity contribution is 6.30. The maximum atomic E-state index is 12.0. The zero-order valence-electron chi connectivity index (χ0n) is 11.6. The molecule has 0 bridgehead atoms. The first-order chi connectivity index (χ1) is 9.56. The number of likely N-dealkylation sites (tertiary alicyclic amines) is 1. The van der Waals surface area contributed by atoms with E-state index in [0.717, 1.165) is 0 Å². The Labute approximate surface area is 124 Å². The maximum Gasteiger partial charge on any atom is 0.226 e. The van der Waals surface area contributed by atoms with Crippen LogP contribution in [0.2, 0.25) is 5.02 Å². The highest BCUT2D eigenvalue weighted by atomic mass is 35.5. The first-order valence-corrected chi connectivity index (χ1v) is 7.28. The van der Waals surface area contributed by atoms with Crippen molar-refractivity contribution in [3.63, 3.8) is 0 Å². The van der Waals surface area contributed by atoms with E-state index in [9.17, 15) is 9.90 Å². The molecule has 1 fully saturated rings. The Balaban J connectivity index is 1.75. The maximum absolute atomic E-state index is 12.0. The van der Waals surface area contributed by atoms with Gasteiger partial charge in [-0.05, 0) is 30.5 Å². The van der Waals surface area contributed by atoms with E-state index in [4.69, 9.17) is 16.3 Å². The molecule has 2 atom stereocenters. The summed E-state index contributed by atoms with van der Waals surface area (Å²) in [6, 6.07) is 7.13. The second-order valence-electron chi connectivity index (χ2n) is 5.23. The molecule has 0 spiro atoms. The van der Waals surface area contributed by atoms with Gasteiger partial charge in [-0.1, -0.05) is 24.6 Å². The first-order valence-electron chi connectivity index (χ1n) is 6.90. The van der Waals surface area contributed by atoms with Crippen molar-refractivity contribution in [2.45, 2.75) is 25.9 Å². The summed E-state index contributed by atoms with van der Waals surface area (Å²) in [6.45, 7) is 3.55. The van der Waals surface area contributed by atoms with Gasteiger partial charge in [-0.15, -0.1) is 0 Å². The standard InChI is InChI=1S/C15H20ClNO3/c1-11-10-17(7-5-14(11)18)15(19)6-8-20-13-4-2-3-12(16)9-13/h2-4,9,11,14,18H,5-8,10H2,1H3. The number of aliphatic hydroxyl groups excluding tert-OH is 1. The third-order valence-electron chi connectivity index (χ3n) is 3.59. The molecule has 0 aromatic heterocycles. The predicted octanol–water partition coefficient (Wildman–Crippen LogP) is 2.34. The summed E-state index contributed by atoms with van der Waals surface area (Å²) in [7, 11) is 0. The van der Waals surface area contributed by atoms with E-state index in [0.29, 0.717) is 43.3 Å². The van der Waals surface area contributed by atoms with Gasteiger partial charge < -0.3 is 14.7 Å². The molecule has 2 rings (SSSR count). The quantitative estimate of drug-likeness (QED) is 0.928. The van der Waals surface area contributed by atoms with Crippen molar-refractivity contribution in [2.24, 2.45) is 5.92 Å². The zero-order valence-corrected chi connectivity index (χ0v) is 12.3. The molecular formula is C15H20ClNO3. The third kappa shape index (κ3) is 4.12. The van der Waals surface area contributed by atoms with Crippen molar-refractivity contribution in [3.05, 3.63) is 29.3 Å². The lowest BCUT2D eigenvalue weighted by atomic mass is 9.96. The van der Waals surface area contributed by atoms with Crippen LogP contribution in [0.3, 0.4) is 0 Å². The molecule has 2 unspecified atom stereocenters. The van der Waals surface area contributed by atoms with Crippen LogP contribution in [0.4, 0.5) is 0 Å². The van der Waals surface area contributed by atoms with Gasteiger partial charge in [-0.25, -0.2) is 0 Å². The average Bonchev–Trinajstić information content (AvgIpc) is 2.42. The summed E-state index contributed by atoms with van der Waals surface area (Å²) in [4.78, 5) is 13.8. The minimum Gasteiger partial charge on any atom is -0.493 e. The van der Waals surface area contributed by atoms with E-state index in [1.165, 1.54) is 0 Å². The lowest BCUT2D eigenvalue weighted by Gasteiger charge is -2.34. The molecule has 0 saturated carbocycles. The molecule has 4 nitrogen and oxygen atoms in total. The summed E-state index contributed by atoms with van der Waals surface area (Å²) in [5.41, 5.74) is 0. The van der Waals surface area contributed by atoms with E-state index in [2.05, 4.69) is 0 Å². The number of hydrogen-bond acceptors (Lipinski definition) is 3. The highest BCUT2D eigenvalue weighted by Gasteiger charge is 2.26. The summed E-state index contributed by atoms with van der Waals surface area (Å²) < 4.78 is 5.51. The van der Waals surface area contributed by atoms with Gasteiger partial charge in [0.2, 0.25) is 5.91 Å². The number of halogens is 1. The fourth-order valence-corrected chi connectivity index (χ4v) is 2.51. The van der Waals surface area contributed by atoms with Crippen molar-refractivity contribution >= 4 is 17.5 Å². The number of ether oxygens (including phenoxy) is 1. The molecule has 1 aromatic rings. The van der Waals surface area contributed by atoms with Crippen LogP contribution in [-0.4, -0.2) is 41.7 Å². The van der Waals surface area contributed by atoms with E-state index >= 15 is 0 Å². The van der Waals surface area contributed by atoms with Crippen LogP contribution in [-0.2, 0) is 4.79 Å². The van der Waals surface area contributed by atoms with Crippen LogP contribution in [0.25, 0.3) is 0 Å². The van der Waals surface area contributed by atoms with Crippen molar-refractivity contribution < 1.29 is 14.6 Å². The van der Waals surface area contributed by atoms with Crippen molar-refractivity contribution in [3.8, 4) is 5.75 Å². The second-order valence-corrected chi connectivity index (χ2v) is 5.67. The third-order valence-corrected chi connectivity index (χ3v) is 3.83. The molecule has 1 saturated heterocycles. The smallest absolute Gasteiger partial charge is 0.226 e. The fourth-order valence-electron chi connectivity index (χ4n) is 2.33. The highest BCUT2D eigenvalue weighted by Crippen LogP contribution is 2.19. The minimum atomic E-state index is -0.290. The number of amides is 1. The van der Waals surface area contributed by atoms with E-state index < -0.39 is 0 Å². The Morgan fingerprint density at radius 3 is 3.05 bits per heavy atom. The molecule has 0 aliphatic carbocycles. The Bertz CT molecular complexity index is 466. The van der Waals surface area contributed by atoms with Gasteiger partial charge >= 0.3 is 0 Å². The van der Waals surface area contributed by atoms with Crippen molar-refractivity contribution in [2.75, 3.05) is 19.7 Å². The Morgan fingerprint density at radius 1 is 1.55 bits per heavy atom. The number of piperidine rings is 1. The monoisotopic (exact) mass is 297 g/mol. The van der Waals surface area contributed by atoms with Gasteiger partial charge in [0.1, 0.15) is 5.75 Å². The molecule has 1 heterocycles. The van der Waals surface area contributed by atoms with Crippen LogP contribution in [0.15, 0.2) is 24.3 Å². The molecule has 1 aliphatic rings. The summed E-state index contributed by atoms with van der Waals surface area (Å²) >= 11 is 5.86. The lowest BCUT2D eigenvalue weighted by Crippen LogP contribution is -2.45. The van der Waals surface area contributed by atoms with Crippen molar-refractivity contribution in [1.82, 2.24) is 4.90 Å². The van der Waals surface area contributed by atoms with Crippen LogP contribution in [0.1, 0.15) is 19.8 Å². The minimum absolute atomic E-state index is 0.0748. The predicted molar refractivity (Wildman–Crippen MR) is 77.9 cm³/mol. The molecule has 0 radical (unpaired) electrons. The SMILES string of the molecule is CC1CN(C(=O)CCOc2cccc(Cl)c2)CCC1O. The molecule has 1 aromatic carbocycles. The molecule has 20 heavy (non-hydrogen) atoms. The molecule has 5 heteroatoms. The number of carbonyl (C=O) groups excluding carboxylic acids is 1. The number of benzene rings is 1. The van der Waals surface area contributed by atoms with E-state index in [1.807, 2.05) is 19.1 Å².